The van der Waals surface area contributed by atoms with Crippen molar-refractivity contribution in [3.63, 3.8) is 0 Å². The molecule has 0 aliphatic carbocycles. The van der Waals surface area contributed by atoms with E-state index in [0.29, 0.717) is 12.2 Å². The summed E-state index contributed by atoms with van der Waals surface area (Å²) in [5.74, 6) is -0.286. The van der Waals surface area contributed by atoms with Crippen LogP contribution in [0.4, 0.5) is 5.69 Å². The summed E-state index contributed by atoms with van der Waals surface area (Å²) in [6.07, 6.45) is 0. The van der Waals surface area contributed by atoms with Crippen molar-refractivity contribution in [2.75, 3.05) is 18.5 Å². The predicted octanol–water partition coefficient (Wildman–Crippen LogP) is 1.84. The second-order valence-corrected chi connectivity index (χ2v) is 3.30. The molecule has 0 aliphatic heterocycles. The second kappa shape index (κ2) is 5.76. The van der Waals surface area contributed by atoms with E-state index in [1.165, 1.54) is 0 Å². The summed E-state index contributed by atoms with van der Waals surface area (Å²) >= 11 is 0. The molecule has 1 aromatic rings. The van der Waals surface area contributed by atoms with E-state index < -0.39 is 0 Å². The molecule has 0 saturated carbocycles. The Morgan fingerprint density at radius 3 is 2.88 bits per heavy atom. The summed E-state index contributed by atoms with van der Waals surface area (Å²) in [5, 5.41) is 11.7. The highest BCUT2D eigenvalue weighted by atomic mass is 16.5. The number of nitriles is 1. The molecule has 0 fully saturated rings. The maximum atomic E-state index is 11.1. The number of carbonyl (C=O) groups excluding carboxylic acids is 1. The van der Waals surface area contributed by atoms with Gasteiger partial charge in [0, 0.05) is 5.69 Å². The predicted molar refractivity (Wildman–Crippen MR) is 61.0 cm³/mol. The molecule has 0 saturated heterocycles. The van der Waals surface area contributed by atoms with E-state index in [1.807, 2.05) is 6.92 Å². The molecule has 4 nitrogen and oxygen atoms in total. The van der Waals surface area contributed by atoms with Crippen molar-refractivity contribution in [2.24, 2.45) is 0 Å². The Morgan fingerprint density at radius 2 is 2.31 bits per heavy atom. The highest BCUT2D eigenvalue weighted by Gasteiger charge is 2.03. The Labute approximate surface area is 94.8 Å². The fraction of sp³-hybridized carbons (Fsp3) is 0.333. The van der Waals surface area contributed by atoms with Crippen LogP contribution in [0.5, 0.6) is 0 Å². The molecule has 16 heavy (non-hydrogen) atoms. The fourth-order valence-corrected chi connectivity index (χ4v) is 1.31. The minimum Gasteiger partial charge on any atom is -0.465 e. The van der Waals surface area contributed by atoms with Crippen LogP contribution in [0, 0.1) is 18.3 Å². The lowest BCUT2D eigenvalue weighted by atomic mass is 10.1. The van der Waals surface area contributed by atoms with Gasteiger partial charge in [-0.2, -0.15) is 5.26 Å². The summed E-state index contributed by atoms with van der Waals surface area (Å²) in [6, 6.07) is 7.33. The highest BCUT2D eigenvalue weighted by molar-refractivity contribution is 5.75. The van der Waals surface area contributed by atoms with Crippen molar-refractivity contribution in [3.05, 3.63) is 29.3 Å². The topological polar surface area (TPSA) is 62.1 Å². The number of rotatable bonds is 4. The molecule has 1 N–H and O–H groups in total. The van der Waals surface area contributed by atoms with Gasteiger partial charge in [0.2, 0.25) is 0 Å². The third kappa shape index (κ3) is 3.28. The highest BCUT2D eigenvalue weighted by Crippen LogP contribution is 2.15. The van der Waals surface area contributed by atoms with Crippen LogP contribution < -0.4 is 5.32 Å². The number of hydrogen-bond acceptors (Lipinski definition) is 4. The zero-order valence-corrected chi connectivity index (χ0v) is 9.41. The second-order valence-electron chi connectivity index (χ2n) is 3.30. The van der Waals surface area contributed by atoms with Gasteiger partial charge in [-0.25, -0.2) is 0 Å². The van der Waals surface area contributed by atoms with E-state index in [-0.39, 0.29) is 12.5 Å². The van der Waals surface area contributed by atoms with Crippen molar-refractivity contribution >= 4 is 11.7 Å². The van der Waals surface area contributed by atoms with Crippen LogP contribution in [0.15, 0.2) is 18.2 Å². The molecular formula is C12H14N2O2. The average Bonchev–Trinajstić information content (AvgIpc) is 2.27. The van der Waals surface area contributed by atoms with E-state index in [0.717, 1.165) is 11.3 Å². The number of nitrogens with zero attached hydrogens (tertiary/aromatic N) is 1. The molecule has 0 spiro atoms. The van der Waals surface area contributed by atoms with Crippen molar-refractivity contribution in [3.8, 4) is 6.07 Å². The lowest BCUT2D eigenvalue weighted by Gasteiger charge is -2.08. The van der Waals surface area contributed by atoms with Gasteiger partial charge in [0.1, 0.15) is 6.54 Å². The third-order valence-corrected chi connectivity index (χ3v) is 2.08. The molecule has 0 unspecified atom stereocenters. The molecular weight excluding hydrogens is 204 g/mol. The van der Waals surface area contributed by atoms with Crippen molar-refractivity contribution in [2.45, 2.75) is 13.8 Å². The number of esters is 1. The lowest BCUT2D eigenvalue weighted by molar-refractivity contribution is -0.140. The molecule has 84 valence electrons. The van der Waals surface area contributed by atoms with Crippen LogP contribution in [-0.4, -0.2) is 19.1 Å². The smallest absolute Gasteiger partial charge is 0.325 e. The van der Waals surface area contributed by atoms with Gasteiger partial charge in [-0.15, -0.1) is 0 Å². The zero-order valence-electron chi connectivity index (χ0n) is 9.41. The van der Waals surface area contributed by atoms with Gasteiger partial charge in [0.25, 0.3) is 0 Å². The van der Waals surface area contributed by atoms with Gasteiger partial charge in [-0.05, 0) is 37.6 Å². The van der Waals surface area contributed by atoms with Gasteiger partial charge in [0.15, 0.2) is 0 Å². The molecule has 0 aliphatic rings. The van der Waals surface area contributed by atoms with Gasteiger partial charge >= 0.3 is 5.97 Å². The summed E-state index contributed by atoms with van der Waals surface area (Å²) in [6.45, 7) is 4.17. The number of benzene rings is 1. The normalized spacial score (nSPS) is 9.31. The summed E-state index contributed by atoms with van der Waals surface area (Å²) < 4.78 is 4.79. The van der Waals surface area contributed by atoms with E-state index in [1.54, 1.807) is 25.1 Å². The number of ether oxygens (including phenoxy) is 1. The Morgan fingerprint density at radius 1 is 1.56 bits per heavy atom. The quantitative estimate of drug-likeness (QED) is 0.783. The van der Waals surface area contributed by atoms with Gasteiger partial charge in [-0.3, -0.25) is 4.79 Å². The third-order valence-electron chi connectivity index (χ3n) is 2.08. The molecule has 0 atom stereocenters. The van der Waals surface area contributed by atoms with Crippen LogP contribution >= 0.6 is 0 Å². The van der Waals surface area contributed by atoms with Crippen LogP contribution in [-0.2, 0) is 9.53 Å². The summed E-state index contributed by atoms with van der Waals surface area (Å²) in [7, 11) is 0. The maximum Gasteiger partial charge on any atom is 0.325 e. The number of hydrogen-bond donors (Lipinski definition) is 1. The van der Waals surface area contributed by atoms with Crippen LogP contribution in [0.1, 0.15) is 18.1 Å². The standard InChI is InChI=1S/C12H14N2O2/c1-3-16-12(15)8-14-11-5-4-10(7-13)6-9(11)2/h4-6,14H,3,8H2,1-2H3. The Kier molecular flexibility index (Phi) is 4.34. The van der Waals surface area contributed by atoms with Crippen molar-refractivity contribution in [1.29, 1.82) is 5.26 Å². The van der Waals surface area contributed by atoms with E-state index in [2.05, 4.69) is 11.4 Å². The maximum absolute atomic E-state index is 11.1. The Balaban J connectivity index is 2.62. The first-order valence-corrected chi connectivity index (χ1v) is 5.07. The molecule has 0 bridgehead atoms. The number of anilines is 1. The number of aryl methyl sites for hydroxylation is 1. The first-order valence-electron chi connectivity index (χ1n) is 5.07. The summed E-state index contributed by atoms with van der Waals surface area (Å²) in [5.41, 5.74) is 2.38. The Hall–Kier alpha value is -2.02. The van der Waals surface area contributed by atoms with Gasteiger partial charge in [-0.1, -0.05) is 0 Å². The van der Waals surface area contributed by atoms with Gasteiger partial charge in [0.05, 0.1) is 18.2 Å². The first kappa shape index (κ1) is 12.1. The zero-order chi connectivity index (χ0) is 12.0. The van der Waals surface area contributed by atoms with Crippen LogP contribution in [0.25, 0.3) is 0 Å². The number of nitrogens with one attached hydrogen (secondary N) is 1. The van der Waals surface area contributed by atoms with Crippen molar-refractivity contribution in [1.82, 2.24) is 0 Å². The van der Waals surface area contributed by atoms with Crippen molar-refractivity contribution < 1.29 is 9.53 Å². The van der Waals surface area contributed by atoms with E-state index >= 15 is 0 Å². The van der Waals surface area contributed by atoms with E-state index in [9.17, 15) is 4.79 Å². The minimum absolute atomic E-state index is 0.139. The summed E-state index contributed by atoms with van der Waals surface area (Å²) in [4.78, 5) is 11.1. The molecule has 1 aromatic carbocycles. The monoisotopic (exact) mass is 218 g/mol. The molecule has 4 heteroatoms. The molecule has 0 aromatic heterocycles. The fourth-order valence-electron chi connectivity index (χ4n) is 1.31. The molecule has 1 rings (SSSR count). The van der Waals surface area contributed by atoms with E-state index in [4.69, 9.17) is 10.00 Å². The van der Waals surface area contributed by atoms with Crippen LogP contribution in [0.3, 0.4) is 0 Å². The molecule has 0 radical (unpaired) electrons. The lowest BCUT2D eigenvalue weighted by Crippen LogP contribution is -2.17. The first-order chi connectivity index (χ1) is 7.67. The van der Waals surface area contributed by atoms with Crippen LogP contribution in [0.2, 0.25) is 0 Å². The minimum atomic E-state index is -0.286. The largest absolute Gasteiger partial charge is 0.465 e. The average molecular weight is 218 g/mol. The SMILES string of the molecule is CCOC(=O)CNc1ccc(C#N)cc1C. The number of carbonyl (C=O) groups is 1. The van der Waals surface area contributed by atoms with Gasteiger partial charge < -0.3 is 10.1 Å². The molecule has 0 heterocycles. The molecule has 0 amide bonds. The Bertz CT molecular complexity index is 422.